The molecule has 3 fully saturated rings. The van der Waals surface area contributed by atoms with E-state index in [9.17, 15) is 9.59 Å². The highest BCUT2D eigenvalue weighted by molar-refractivity contribution is 5.95. The van der Waals surface area contributed by atoms with Gasteiger partial charge < -0.3 is 19.5 Å². The van der Waals surface area contributed by atoms with E-state index in [0.717, 1.165) is 29.9 Å². The van der Waals surface area contributed by atoms with Gasteiger partial charge in [0, 0.05) is 31.3 Å². The van der Waals surface area contributed by atoms with Crippen molar-refractivity contribution in [3.05, 3.63) is 41.7 Å². The molecule has 6 rings (SSSR count). The lowest BCUT2D eigenvalue weighted by molar-refractivity contribution is -0.156. The Morgan fingerprint density at radius 1 is 1.08 bits per heavy atom. The van der Waals surface area contributed by atoms with Crippen LogP contribution in [0.15, 0.2) is 30.3 Å². The Morgan fingerprint density at radius 3 is 2.64 bits per heavy atom. The molecule has 7 heteroatoms. The van der Waals surface area contributed by atoms with Crippen molar-refractivity contribution in [1.29, 1.82) is 0 Å². The van der Waals surface area contributed by atoms with E-state index in [1.54, 1.807) is 0 Å². The van der Waals surface area contributed by atoms with Crippen molar-refractivity contribution >= 4 is 11.8 Å². The van der Waals surface area contributed by atoms with Crippen molar-refractivity contribution in [3.8, 4) is 11.4 Å². The fraction of sp³-hybridized carbons (Fsp3) is 0.621. The third-order valence-electron chi connectivity index (χ3n) is 9.68. The van der Waals surface area contributed by atoms with Crippen LogP contribution in [0.4, 0.5) is 0 Å². The molecule has 36 heavy (non-hydrogen) atoms. The first-order chi connectivity index (χ1) is 17.3. The van der Waals surface area contributed by atoms with E-state index >= 15 is 0 Å². The van der Waals surface area contributed by atoms with Crippen LogP contribution in [0.25, 0.3) is 11.4 Å². The van der Waals surface area contributed by atoms with Gasteiger partial charge in [0.1, 0.15) is 5.82 Å². The molecule has 0 radical (unpaired) electrons. The van der Waals surface area contributed by atoms with Gasteiger partial charge in [-0.05, 0) is 36.0 Å². The van der Waals surface area contributed by atoms with E-state index in [1.165, 1.54) is 19.3 Å². The number of hydrogen-bond donors (Lipinski definition) is 1. The second-order valence-corrected chi connectivity index (χ2v) is 12.1. The molecule has 1 N–H and O–H groups in total. The number of ether oxygens (including phenoxy) is 1. The minimum atomic E-state index is -0.109. The second-order valence-electron chi connectivity index (χ2n) is 12.1. The molecule has 2 aliphatic carbocycles. The molecule has 1 aromatic heterocycles. The molecule has 3 heterocycles. The SMILES string of the molecule is CC1(C)C2CCCCC2(C)C1NC(=O)c1nc(-c2ccccc2)n2c1CN(C(=O)C1CCOC1)CC2. The van der Waals surface area contributed by atoms with Crippen LogP contribution >= 0.6 is 0 Å². The third-order valence-corrected chi connectivity index (χ3v) is 9.68. The second kappa shape index (κ2) is 8.72. The predicted molar refractivity (Wildman–Crippen MR) is 137 cm³/mol. The molecular weight excluding hydrogens is 452 g/mol. The zero-order chi connectivity index (χ0) is 25.1. The highest BCUT2D eigenvalue weighted by Gasteiger charge is 2.64. The van der Waals surface area contributed by atoms with Gasteiger partial charge in [0.15, 0.2) is 5.69 Å². The van der Waals surface area contributed by atoms with Gasteiger partial charge in [0.2, 0.25) is 5.91 Å². The standard InChI is InChI=1S/C29H38N4O3/c1-28(2)22-11-7-8-13-29(22,3)27(28)31-25(34)23-21-17-32(26(35)20-12-16-36-18-20)14-15-33(21)24(30-23)19-9-5-4-6-10-19/h4-6,9-10,20,22,27H,7-8,11-18H2,1-3H3,(H,31,34). The highest BCUT2D eigenvalue weighted by atomic mass is 16.5. The topological polar surface area (TPSA) is 76.5 Å². The number of hydrogen-bond acceptors (Lipinski definition) is 4. The van der Waals surface area contributed by atoms with Gasteiger partial charge >= 0.3 is 0 Å². The number of rotatable bonds is 4. The van der Waals surface area contributed by atoms with Crippen LogP contribution in [0.1, 0.15) is 69.1 Å². The third kappa shape index (κ3) is 3.61. The van der Waals surface area contributed by atoms with Crippen LogP contribution in [-0.2, 0) is 22.6 Å². The van der Waals surface area contributed by atoms with Crippen molar-refractivity contribution < 1.29 is 14.3 Å². The van der Waals surface area contributed by atoms with Crippen LogP contribution in [0.5, 0.6) is 0 Å². The quantitative estimate of drug-likeness (QED) is 0.695. The van der Waals surface area contributed by atoms with Gasteiger partial charge in [0.25, 0.3) is 5.91 Å². The first-order valence-electron chi connectivity index (χ1n) is 13.6. The average Bonchev–Trinajstić information content (AvgIpc) is 3.55. The summed E-state index contributed by atoms with van der Waals surface area (Å²) in [5.74, 6) is 1.39. The predicted octanol–water partition coefficient (Wildman–Crippen LogP) is 4.26. The van der Waals surface area contributed by atoms with Crippen LogP contribution in [0.2, 0.25) is 0 Å². The number of amides is 2. The maximum atomic E-state index is 13.9. The lowest BCUT2D eigenvalue weighted by atomic mass is 9.40. The number of fused-ring (bicyclic) bond motifs is 2. The summed E-state index contributed by atoms with van der Waals surface area (Å²) in [6, 6.07) is 10.2. The minimum Gasteiger partial charge on any atom is -0.381 e. The number of carbonyl (C=O) groups is 2. The van der Waals surface area contributed by atoms with Crippen molar-refractivity contribution in [2.45, 2.75) is 72.0 Å². The molecule has 4 aliphatic rings. The molecule has 0 spiro atoms. The Hall–Kier alpha value is -2.67. The average molecular weight is 491 g/mol. The van der Waals surface area contributed by atoms with Crippen molar-refractivity contribution in [2.75, 3.05) is 19.8 Å². The van der Waals surface area contributed by atoms with Crippen LogP contribution in [0, 0.1) is 22.7 Å². The summed E-state index contributed by atoms with van der Waals surface area (Å²) in [4.78, 5) is 33.9. The molecule has 2 saturated carbocycles. The van der Waals surface area contributed by atoms with E-state index in [-0.39, 0.29) is 34.6 Å². The van der Waals surface area contributed by atoms with Crippen molar-refractivity contribution in [2.24, 2.45) is 22.7 Å². The molecule has 2 aliphatic heterocycles. The molecule has 1 aromatic carbocycles. The number of carbonyl (C=O) groups excluding carboxylic acids is 2. The van der Waals surface area contributed by atoms with Gasteiger partial charge in [-0.15, -0.1) is 0 Å². The summed E-state index contributed by atoms with van der Waals surface area (Å²) in [5, 5.41) is 3.44. The van der Waals surface area contributed by atoms with Crippen LogP contribution < -0.4 is 5.32 Å². The smallest absolute Gasteiger partial charge is 0.272 e. The first-order valence-corrected chi connectivity index (χ1v) is 13.6. The summed E-state index contributed by atoms with van der Waals surface area (Å²) < 4.78 is 7.62. The maximum Gasteiger partial charge on any atom is 0.272 e. The molecule has 7 nitrogen and oxygen atoms in total. The van der Waals surface area contributed by atoms with Crippen LogP contribution in [-0.4, -0.2) is 52.1 Å². The van der Waals surface area contributed by atoms with Crippen LogP contribution in [0.3, 0.4) is 0 Å². The Labute approximate surface area is 213 Å². The summed E-state index contributed by atoms with van der Waals surface area (Å²) >= 11 is 0. The molecular formula is C29H38N4O3. The Kier molecular flexibility index (Phi) is 5.74. The number of imidazole rings is 1. The van der Waals surface area contributed by atoms with E-state index in [4.69, 9.17) is 9.72 Å². The van der Waals surface area contributed by atoms with E-state index in [0.29, 0.717) is 44.5 Å². The summed E-state index contributed by atoms with van der Waals surface area (Å²) in [6.45, 7) is 9.76. The normalized spacial score (nSPS) is 30.8. The zero-order valence-corrected chi connectivity index (χ0v) is 21.8. The van der Waals surface area contributed by atoms with Gasteiger partial charge in [-0.2, -0.15) is 0 Å². The van der Waals surface area contributed by atoms with Crippen molar-refractivity contribution in [1.82, 2.24) is 19.8 Å². The number of nitrogens with zero attached hydrogens (tertiary/aromatic N) is 3. The fourth-order valence-corrected chi connectivity index (χ4v) is 7.96. The Bertz CT molecular complexity index is 1170. The largest absolute Gasteiger partial charge is 0.381 e. The maximum absolute atomic E-state index is 13.9. The fourth-order valence-electron chi connectivity index (χ4n) is 7.96. The number of aromatic nitrogens is 2. The summed E-state index contributed by atoms with van der Waals surface area (Å²) in [5.41, 5.74) is 2.51. The first kappa shape index (κ1) is 23.7. The summed E-state index contributed by atoms with van der Waals surface area (Å²) in [7, 11) is 0. The summed E-state index contributed by atoms with van der Waals surface area (Å²) in [6.07, 6.45) is 5.70. The number of nitrogens with one attached hydrogen (secondary N) is 1. The number of benzene rings is 1. The molecule has 192 valence electrons. The molecule has 2 amide bonds. The molecule has 2 aromatic rings. The Balaban J connectivity index is 1.32. The molecule has 1 saturated heterocycles. The highest BCUT2D eigenvalue weighted by Crippen LogP contribution is 2.65. The van der Waals surface area contributed by atoms with Gasteiger partial charge in [-0.1, -0.05) is 63.9 Å². The zero-order valence-electron chi connectivity index (χ0n) is 21.8. The minimum absolute atomic E-state index is 0.0668. The molecule has 4 atom stereocenters. The van der Waals surface area contributed by atoms with Crippen molar-refractivity contribution in [3.63, 3.8) is 0 Å². The van der Waals surface area contributed by atoms with Gasteiger partial charge in [-0.3, -0.25) is 9.59 Å². The monoisotopic (exact) mass is 490 g/mol. The Morgan fingerprint density at radius 2 is 1.89 bits per heavy atom. The lowest BCUT2D eigenvalue weighted by Crippen LogP contribution is -2.71. The molecule has 4 unspecified atom stereocenters. The van der Waals surface area contributed by atoms with E-state index < -0.39 is 0 Å². The van der Waals surface area contributed by atoms with Gasteiger partial charge in [-0.25, -0.2) is 4.98 Å². The van der Waals surface area contributed by atoms with E-state index in [1.807, 2.05) is 35.2 Å². The van der Waals surface area contributed by atoms with Gasteiger partial charge in [0.05, 0.1) is 24.8 Å². The molecule has 0 bridgehead atoms. The lowest BCUT2D eigenvalue weighted by Gasteiger charge is -2.67. The van der Waals surface area contributed by atoms with E-state index in [2.05, 4.69) is 30.7 Å².